The summed E-state index contributed by atoms with van der Waals surface area (Å²) >= 11 is 0. The first kappa shape index (κ1) is 16.3. The summed E-state index contributed by atoms with van der Waals surface area (Å²) in [7, 11) is 0. The van der Waals surface area contributed by atoms with Crippen LogP contribution in [0.3, 0.4) is 0 Å². The molecule has 0 saturated carbocycles. The fourth-order valence-corrected chi connectivity index (χ4v) is 1.39. The molecule has 0 aliphatic heterocycles. The van der Waals surface area contributed by atoms with Gasteiger partial charge in [0.25, 0.3) is 0 Å². The highest BCUT2D eigenvalue weighted by molar-refractivity contribution is 5.92. The monoisotopic (exact) mass is 299 g/mol. The number of carbonyl (C=O) groups excluding carboxylic acids is 1. The Morgan fingerprint density at radius 1 is 1.00 bits per heavy atom. The third-order valence-corrected chi connectivity index (χ3v) is 2.42. The summed E-state index contributed by atoms with van der Waals surface area (Å²) in [6.45, 7) is 3.01. The van der Waals surface area contributed by atoms with Crippen LogP contribution in [0, 0.1) is 5.92 Å². The highest BCUT2D eigenvalue weighted by Gasteiger charge is 2.43. The zero-order valence-electron chi connectivity index (χ0n) is 10.5. The van der Waals surface area contributed by atoms with E-state index in [-0.39, 0.29) is 11.8 Å². The second kappa shape index (κ2) is 5.34. The summed E-state index contributed by atoms with van der Waals surface area (Å²) in [6.07, 6.45) is -10.3. The molecule has 20 heavy (non-hydrogen) atoms. The van der Waals surface area contributed by atoms with Gasteiger partial charge >= 0.3 is 12.4 Å². The van der Waals surface area contributed by atoms with E-state index in [1.54, 1.807) is 0 Å². The molecule has 1 N–H and O–H groups in total. The number of rotatable bonds is 2. The lowest BCUT2D eigenvalue weighted by atomic mass is 10.1. The summed E-state index contributed by atoms with van der Waals surface area (Å²) in [4.78, 5) is 11.3. The first-order chi connectivity index (χ1) is 8.93. The van der Waals surface area contributed by atoms with Crippen molar-refractivity contribution in [1.29, 1.82) is 0 Å². The molecule has 0 fully saturated rings. The van der Waals surface area contributed by atoms with Crippen LogP contribution in [-0.2, 0) is 17.1 Å². The first-order valence-corrected chi connectivity index (χ1v) is 5.52. The number of alkyl halides is 6. The Kier molecular flexibility index (Phi) is 4.36. The van der Waals surface area contributed by atoms with E-state index in [2.05, 4.69) is 5.32 Å². The standard InChI is InChI=1S/C12H11F6NO/c1-6(2)10(20)19-7-3-4-8(11(13,14)15)9(5-7)12(16,17)18/h3-6H,1-2H3,(H,19,20). The molecule has 1 aromatic carbocycles. The number of hydrogen-bond donors (Lipinski definition) is 1. The van der Waals surface area contributed by atoms with Crippen molar-refractivity contribution in [3.63, 3.8) is 0 Å². The molecule has 8 heteroatoms. The van der Waals surface area contributed by atoms with Gasteiger partial charge in [0.1, 0.15) is 0 Å². The van der Waals surface area contributed by atoms with Crippen LogP contribution in [0.15, 0.2) is 18.2 Å². The second-order valence-electron chi connectivity index (χ2n) is 4.40. The summed E-state index contributed by atoms with van der Waals surface area (Å²) in [6, 6.07) is 1.38. The van der Waals surface area contributed by atoms with Gasteiger partial charge in [-0.25, -0.2) is 0 Å². The van der Waals surface area contributed by atoms with Crippen molar-refractivity contribution in [2.75, 3.05) is 5.32 Å². The molecule has 112 valence electrons. The zero-order chi connectivity index (χ0) is 15.7. The minimum atomic E-state index is -5.16. The van der Waals surface area contributed by atoms with E-state index in [0.29, 0.717) is 6.07 Å². The predicted molar refractivity (Wildman–Crippen MR) is 59.9 cm³/mol. The number of amides is 1. The molecule has 0 atom stereocenters. The number of benzene rings is 1. The van der Waals surface area contributed by atoms with Crippen molar-refractivity contribution in [1.82, 2.24) is 0 Å². The Labute approximate surface area is 110 Å². The van der Waals surface area contributed by atoms with E-state index in [1.165, 1.54) is 13.8 Å². The highest BCUT2D eigenvalue weighted by Crippen LogP contribution is 2.41. The molecule has 2 nitrogen and oxygen atoms in total. The lowest BCUT2D eigenvalue weighted by molar-refractivity contribution is -0.162. The van der Waals surface area contributed by atoms with Gasteiger partial charge in [-0.15, -0.1) is 0 Å². The van der Waals surface area contributed by atoms with Gasteiger partial charge in [-0.1, -0.05) is 13.8 Å². The fourth-order valence-electron chi connectivity index (χ4n) is 1.39. The fraction of sp³-hybridized carbons (Fsp3) is 0.417. The van der Waals surface area contributed by atoms with Crippen LogP contribution in [-0.4, -0.2) is 5.91 Å². The number of hydrogen-bond acceptors (Lipinski definition) is 1. The largest absolute Gasteiger partial charge is 0.417 e. The van der Waals surface area contributed by atoms with Crippen molar-refractivity contribution in [2.45, 2.75) is 26.2 Å². The quantitative estimate of drug-likeness (QED) is 0.810. The molecule has 0 aromatic heterocycles. The Morgan fingerprint density at radius 3 is 1.90 bits per heavy atom. The van der Waals surface area contributed by atoms with E-state index in [9.17, 15) is 31.1 Å². The van der Waals surface area contributed by atoms with Crippen molar-refractivity contribution >= 4 is 11.6 Å². The van der Waals surface area contributed by atoms with Gasteiger partial charge in [0.15, 0.2) is 0 Å². The Morgan fingerprint density at radius 2 is 1.50 bits per heavy atom. The lowest BCUT2D eigenvalue weighted by Crippen LogP contribution is -2.20. The molecule has 0 heterocycles. The number of nitrogens with one attached hydrogen (secondary N) is 1. The van der Waals surface area contributed by atoms with Crippen LogP contribution >= 0.6 is 0 Å². The normalized spacial score (nSPS) is 12.7. The van der Waals surface area contributed by atoms with Gasteiger partial charge in [-0.05, 0) is 18.2 Å². The van der Waals surface area contributed by atoms with Crippen LogP contribution in [0.5, 0.6) is 0 Å². The first-order valence-electron chi connectivity index (χ1n) is 5.52. The maximum atomic E-state index is 12.6. The molecule has 0 spiro atoms. The molecule has 1 aromatic rings. The molecule has 0 bridgehead atoms. The van der Waals surface area contributed by atoms with E-state index >= 15 is 0 Å². The van der Waals surface area contributed by atoms with E-state index in [0.717, 1.165) is 6.07 Å². The molecule has 0 aliphatic rings. The zero-order valence-corrected chi connectivity index (χ0v) is 10.5. The number of anilines is 1. The molecular weight excluding hydrogens is 288 g/mol. The lowest BCUT2D eigenvalue weighted by Gasteiger charge is -2.17. The highest BCUT2D eigenvalue weighted by atomic mass is 19.4. The van der Waals surface area contributed by atoms with Crippen molar-refractivity contribution in [2.24, 2.45) is 5.92 Å². The maximum Gasteiger partial charge on any atom is 0.417 e. The van der Waals surface area contributed by atoms with E-state index in [4.69, 9.17) is 0 Å². The van der Waals surface area contributed by atoms with Crippen LogP contribution in [0.1, 0.15) is 25.0 Å². The summed E-state index contributed by atoms with van der Waals surface area (Å²) in [5.41, 5.74) is -3.94. The number of halogens is 6. The van der Waals surface area contributed by atoms with Gasteiger partial charge in [0.2, 0.25) is 5.91 Å². The average Bonchev–Trinajstić information content (AvgIpc) is 2.26. The smallest absolute Gasteiger partial charge is 0.326 e. The molecule has 0 unspecified atom stereocenters. The Hall–Kier alpha value is -1.73. The number of carbonyl (C=O) groups is 1. The molecule has 0 aliphatic carbocycles. The minimum Gasteiger partial charge on any atom is -0.326 e. The van der Waals surface area contributed by atoms with Gasteiger partial charge in [0.05, 0.1) is 11.1 Å². The molecule has 1 rings (SSSR count). The summed E-state index contributed by atoms with van der Waals surface area (Å²) in [5, 5.41) is 2.13. The summed E-state index contributed by atoms with van der Waals surface area (Å²) in [5.74, 6) is -1.09. The van der Waals surface area contributed by atoms with Crippen LogP contribution < -0.4 is 5.32 Å². The minimum absolute atomic E-state index is 0.281. The predicted octanol–water partition coefficient (Wildman–Crippen LogP) is 4.32. The van der Waals surface area contributed by atoms with Crippen LogP contribution in [0.25, 0.3) is 0 Å². The summed E-state index contributed by atoms with van der Waals surface area (Å²) < 4.78 is 75.5. The Balaban J connectivity index is 3.26. The SMILES string of the molecule is CC(C)C(=O)Nc1ccc(C(F)(F)F)c(C(F)(F)F)c1. The maximum absolute atomic E-state index is 12.6. The van der Waals surface area contributed by atoms with Crippen LogP contribution in [0.4, 0.5) is 32.0 Å². The third-order valence-electron chi connectivity index (χ3n) is 2.42. The average molecular weight is 299 g/mol. The van der Waals surface area contributed by atoms with Crippen molar-refractivity contribution < 1.29 is 31.1 Å². The van der Waals surface area contributed by atoms with Gasteiger partial charge in [0, 0.05) is 11.6 Å². The van der Waals surface area contributed by atoms with Crippen LogP contribution in [0.2, 0.25) is 0 Å². The molecule has 0 radical (unpaired) electrons. The van der Waals surface area contributed by atoms with Gasteiger partial charge in [-0.3, -0.25) is 4.79 Å². The van der Waals surface area contributed by atoms with Gasteiger partial charge < -0.3 is 5.32 Å². The Bertz CT molecular complexity index is 504. The third kappa shape index (κ3) is 3.88. The molecular formula is C12H11F6NO. The van der Waals surface area contributed by atoms with Crippen molar-refractivity contribution in [3.05, 3.63) is 29.3 Å². The second-order valence-corrected chi connectivity index (χ2v) is 4.40. The molecule has 1 amide bonds. The topological polar surface area (TPSA) is 29.1 Å². The van der Waals surface area contributed by atoms with E-state index in [1.807, 2.05) is 0 Å². The molecule has 0 saturated heterocycles. The van der Waals surface area contributed by atoms with Crippen molar-refractivity contribution in [3.8, 4) is 0 Å². The van der Waals surface area contributed by atoms with Gasteiger partial charge in [-0.2, -0.15) is 26.3 Å². The van der Waals surface area contributed by atoms with E-state index < -0.39 is 35.3 Å².